The molecule has 0 radical (unpaired) electrons. The summed E-state index contributed by atoms with van der Waals surface area (Å²) < 4.78 is 0. The van der Waals surface area contributed by atoms with Gasteiger partial charge in [-0.05, 0) is 40.3 Å². The second-order valence-electron chi connectivity index (χ2n) is 4.10. The Bertz CT molecular complexity index is 256. The third kappa shape index (κ3) is 3.85. The molecule has 0 bridgehead atoms. The highest BCUT2D eigenvalue weighted by atomic mass is 15.1. The van der Waals surface area contributed by atoms with Gasteiger partial charge in [-0.3, -0.25) is 4.98 Å². The van der Waals surface area contributed by atoms with Gasteiger partial charge in [-0.1, -0.05) is 6.07 Å². The van der Waals surface area contributed by atoms with Gasteiger partial charge in [0.1, 0.15) is 0 Å². The summed E-state index contributed by atoms with van der Waals surface area (Å²) in [5.74, 6) is 0. The summed E-state index contributed by atoms with van der Waals surface area (Å²) in [4.78, 5) is 8.82. The van der Waals surface area contributed by atoms with Gasteiger partial charge in [-0.15, -0.1) is 0 Å². The number of aromatic nitrogens is 1. The maximum Gasteiger partial charge on any atom is 0.0547 e. The lowest BCUT2D eigenvalue weighted by Gasteiger charge is -2.12. The lowest BCUT2D eigenvalue weighted by Crippen LogP contribution is -2.15. The lowest BCUT2D eigenvalue weighted by atomic mass is 10.3. The van der Waals surface area contributed by atoms with E-state index >= 15 is 0 Å². The molecule has 78 valence electrons. The average molecular weight is 193 g/mol. The van der Waals surface area contributed by atoms with Crippen molar-refractivity contribution in [1.82, 2.24) is 14.8 Å². The van der Waals surface area contributed by atoms with E-state index in [0.29, 0.717) is 0 Å². The predicted octanol–water partition coefficient (Wildman–Crippen LogP) is 1.20. The molecule has 0 saturated heterocycles. The molecule has 0 saturated carbocycles. The highest BCUT2D eigenvalue weighted by Gasteiger charge is 2.00. The standard InChI is InChI=1S/C11H19N3/c1-13(2)8-10-6-5-7-11(12-10)9-14(3)4/h5-7H,8-9H2,1-4H3. The number of rotatable bonds is 4. The molecule has 14 heavy (non-hydrogen) atoms. The molecule has 1 heterocycles. The Hall–Kier alpha value is -0.930. The molecule has 3 heteroatoms. The van der Waals surface area contributed by atoms with E-state index in [4.69, 9.17) is 0 Å². The van der Waals surface area contributed by atoms with Crippen molar-refractivity contribution in [3.8, 4) is 0 Å². The van der Waals surface area contributed by atoms with E-state index in [0.717, 1.165) is 24.5 Å². The predicted molar refractivity (Wildman–Crippen MR) is 59.0 cm³/mol. The van der Waals surface area contributed by atoms with Crippen LogP contribution in [0.15, 0.2) is 18.2 Å². The van der Waals surface area contributed by atoms with Crippen molar-refractivity contribution in [2.24, 2.45) is 0 Å². The normalized spacial score (nSPS) is 11.3. The molecule has 1 rings (SSSR count). The number of hydrogen-bond donors (Lipinski definition) is 0. The molecule has 0 N–H and O–H groups in total. The van der Waals surface area contributed by atoms with Gasteiger partial charge in [0.2, 0.25) is 0 Å². The van der Waals surface area contributed by atoms with Crippen molar-refractivity contribution in [2.45, 2.75) is 13.1 Å². The Morgan fingerprint density at radius 3 is 1.71 bits per heavy atom. The second-order valence-corrected chi connectivity index (χ2v) is 4.10. The molecule has 1 aromatic heterocycles. The summed E-state index contributed by atoms with van der Waals surface area (Å²) in [6, 6.07) is 6.21. The summed E-state index contributed by atoms with van der Waals surface area (Å²) in [6.07, 6.45) is 0. The summed E-state index contributed by atoms with van der Waals surface area (Å²) in [5, 5.41) is 0. The van der Waals surface area contributed by atoms with Crippen molar-refractivity contribution in [2.75, 3.05) is 28.2 Å². The van der Waals surface area contributed by atoms with E-state index < -0.39 is 0 Å². The van der Waals surface area contributed by atoms with Crippen molar-refractivity contribution in [1.29, 1.82) is 0 Å². The fourth-order valence-corrected chi connectivity index (χ4v) is 1.35. The molecular weight excluding hydrogens is 174 g/mol. The fourth-order valence-electron chi connectivity index (χ4n) is 1.35. The van der Waals surface area contributed by atoms with Gasteiger partial charge < -0.3 is 9.80 Å². The van der Waals surface area contributed by atoms with E-state index in [1.54, 1.807) is 0 Å². The van der Waals surface area contributed by atoms with E-state index in [1.807, 2.05) is 0 Å². The fraction of sp³-hybridized carbons (Fsp3) is 0.545. The molecule has 3 nitrogen and oxygen atoms in total. The van der Waals surface area contributed by atoms with Crippen LogP contribution in [0.1, 0.15) is 11.4 Å². The van der Waals surface area contributed by atoms with Crippen molar-refractivity contribution >= 4 is 0 Å². The first-order chi connectivity index (χ1) is 6.58. The summed E-state index contributed by atoms with van der Waals surface area (Å²) in [7, 11) is 8.22. The third-order valence-electron chi connectivity index (χ3n) is 1.82. The molecule has 0 spiro atoms. The topological polar surface area (TPSA) is 19.4 Å². The number of nitrogens with zero attached hydrogens (tertiary/aromatic N) is 3. The summed E-state index contributed by atoms with van der Waals surface area (Å²) >= 11 is 0. The van der Waals surface area contributed by atoms with Crippen molar-refractivity contribution in [3.05, 3.63) is 29.6 Å². The Labute approximate surface area is 86.4 Å². The Kier molecular flexibility index (Phi) is 4.04. The minimum Gasteiger partial charge on any atom is -0.304 e. The van der Waals surface area contributed by atoms with Gasteiger partial charge in [-0.25, -0.2) is 0 Å². The second kappa shape index (κ2) is 5.08. The van der Waals surface area contributed by atoms with Gasteiger partial charge >= 0.3 is 0 Å². The highest BCUT2D eigenvalue weighted by Crippen LogP contribution is 2.03. The number of pyridine rings is 1. The molecule has 1 aromatic rings. The van der Waals surface area contributed by atoms with Crippen LogP contribution in [0.3, 0.4) is 0 Å². The van der Waals surface area contributed by atoms with E-state index in [2.05, 4.69) is 61.2 Å². The SMILES string of the molecule is CN(C)Cc1cccc(CN(C)C)n1. The van der Waals surface area contributed by atoms with E-state index in [-0.39, 0.29) is 0 Å². The molecule has 0 unspecified atom stereocenters. The molecule has 0 aromatic carbocycles. The zero-order valence-corrected chi connectivity index (χ0v) is 9.49. The Morgan fingerprint density at radius 1 is 0.929 bits per heavy atom. The maximum atomic E-state index is 4.57. The quantitative estimate of drug-likeness (QED) is 0.716. The molecule has 0 fully saturated rings. The zero-order valence-electron chi connectivity index (χ0n) is 9.49. The van der Waals surface area contributed by atoms with Crippen LogP contribution in [0.5, 0.6) is 0 Å². The van der Waals surface area contributed by atoms with Crippen LogP contribution in [-0.4, -0.2) is 43.0 Å². The molecule has 0 amide bonds. The van der Waals surface area contributed by atoms with Gasteiger partial charge in [0.15, 0.2) is 0 Å². The van der Waals surface area contributed by atoms with Crippen LogP contribution in [0.2, 0.25) is 0 Å². The van der Waals surface area contributed by atoms with Crippen LogP contribution >= 0.6 is 0 Å². The van der Waals surface area contributed by atoms with Crippen molar-refractivity contribution in [3.63, 3.8) is 0 Å². The smallest absolute Gasteiger partial charge is 0.0547 e. The van der Waals surface area contributed by atoms with Gasteiger partial charge in [-0.2, -0.15) is 0 Å². The maximum absolute atomic E-state index is 4.57. The van der Waals surface area contributed by atoms with Crippen molar-refractivity contribution < 1.29 is 0 Å². The monoisotopic (exact) mass is 193 g/mol. The lowest BCUT2D eigenvalue weighted by molar-refractivity contribution is 0.384. The highest BCUT2D eigenvalue weighted by molar-refractivity contribution is 5.11. The van der Waals surface area contributed by atoms with Gasteiger partial charge in [0.25, 0.3) is 0 Å². The summed E-state index contributed by atoms with van der Waals surface area (Å²) in [5.41, 5.74) is 2.27. The Morgan fingerprint density at radius 2 is 1.36 bits per heavy atom. The van der Waals surface area contributed by atoms with Crippen LogP contribution < -0.4 is 0 Å². The minimum atomic E-state index is 0.904. The number of hydrogen-bond acceptors (Lipinski definition) is 3. The molecule has 0 aliphatic heterocycles. The molecular formula is C11H19N3. The van der Waals surface area contributed by atoms with Crippen LogP contribution in [0, 0.1) is 0 Å². The largest absolute Gasteiger partial charge is 0.304 e. The minimum absolute atomic E-state index is 0.904. The first-order valence-electron chi connectivity index (χ1n) is 4.82. The molecule has 0 aliphatic rings. The average Bonchev–Trinajstić information content (AvgIpc) is 2.01. The van der Waals surface area contributed by atoms with Crippen LogP contribution in [0.25, 0.3) is 0 Å². The Balaban J connectivity index is 2.68. The van der Waals surface area contributed by atoms with Crippen LogP contribution in [0.4, 0.5) is 0 Å². The first kappa shape index (κ1) is 11.1. The zero-order chi connectivity index (χ0) is 10.6. The van der Waals surface area contributed by atoms with E-state index in [9.17, 15) is 0 Å². The third-order valence-corrected chi connectivity index (χ3v) is 1.82. The molecule has 0 aliphatic carbocycles. The van der Waals surface area contributed by atoms with E-state index in [1.165, 1.54) is 0 Å². The summed E-state index contributed by atoms with van der Waals surface area (Å²) in [6.45, 7) is 1.81. The first-order valence-corrected chi connectivity index (χ1v) is 4.82. The molecule has 0 atom stereocenters. The van der Waals surface area contributed by atoms with Gasteiger partial charge in [0, 0.05) is 13.1 Å². The van der Waals surface area contributed by atoms with Gasteiger partial charge in [0.05, 0.1) is 11.4 Å². The van der Waals surface area contributed by atoms with Crippen LogP contribution in [-0.2, 0) is 13.1 Å².